The molecule has 2 rings (SSSR count). The first kappa shape index (κ1) is 19.5. The van der Waals surface area contributed by atoms with E-state index in [1.165, 1.54) is 16.7 Å². The number of nitrogens with one attached hydrogen (secondary N) is 2. The molecule has 4 nitrogen and oxygen atoms in total. The monoisotopic (exact) mass is 359 g/mol. The van der Waals surface area contributed by atoms with Gasteiger partial charge >= 0.3 is 0 Å². The van der Waals surface area contributed by atoms with Crippen LogP contribution < -0.4 is 10.6 Å². The van der Waals surface area contributed by atoms with Crippen LogP contribution in [0, 0.1) is 0 Å². The third-order valence-corrected chi connectivity index (χ3v) is 4.20. The number of nitrogens with zero attached hydrogens (tertiary/aromatic N) is 1. The van der Waals surface area contributed by atoms with Crippen molar-refractivity contribution in [3.8, 4) is 0 Å². The van der Waals surface area contributed by atoms with E-state index in [1.807, 2.05) is 0 Å². The molecule has 0 saturated heterocycles. The second kappa shape index (κ2) is 9.59. The number of hydrogen-bond acceptors (Lipinski definition) is 3. The summed E-state index contributed by atoms with van der Waals surface area (Å²) in [6.07, 6.45) is 0. The summed E-state index contributed by atoms with van der Waals surface area (Å²) < 4.78 is 5.86. The molecular weight excluding hydrogens is 330 g/mol. The van der Waals surface area contributed by atoms with Crippen LogP contribution in [-0.2, 0) is 24.4 Å². The molecule has 0 fully saturated rings. The fourth-order valence-corrected chi connectivity index (χ4v) is 2.87. The Hall–Kier alpha value is -1.85. The van der Waals surface area contributed by atoms with E-state index in [-0.39, 0.29) is 5.60 Å². The lowest BCUT2D eigenvalue weighted by Gasteiger charge is -2.19. The molecule has 5 heteroatoms. The molecular formula is C20H29N3OS. The first-order chi connectivity index (χ1) is 12.0. The molecule has 0 amide bonds. The average molecular weight is 360 g/mol. The first-order valence-electron chi connectivity index (χ1n) is 8.71. The Morgan fingerprint density at radius 1 is 1.12 bits per heavy atom. The Labute approximate surface area is 155 Å². The SMILES string of the molecule is CCNC(=NCc1ccsc1)NCc1cccc(COC(C)(C)C)c1. The van der Waals surface area contributed by atoms with Crippen molar-refractivity contribution in [2.75, 3.05) is 6.54 Å². The Morgan fingerprint density at radius 3 is 2.60 bits per heavy atom. The summed E-state index contributed by atoms with van der Waals surface area (Å²) in [5, 5.41) is 10.9. The maximum absolute atomic E-state index is 5.86. The predicted molar refractivity (Wildman–Crippen MR) is 107 cm³/mol. The summed E-state index contributed by atoms with van der Waals surface area (Å²) in [5.41, 5.74) is 3.52. The van der Waals surface area contributed by atoms with Gasteiger partial charge in [-0.25, -0.2) is 4.99 Å². The van der Waals surface area contributed by atoms with E-state index in [0.29, 0.717) is 13.2 Å². The van der Waals surface area contributed by atoms with Gasteiger partial charge in [-0.05, 0) is 61.2 Å². The molecule has 2 aromatic rings. The van der Waals surface area contributed by atoms with E-state index >= 15 is 0 Å². The maximum atomic E-state index is 5.86. The molecule has 1 heterocycles. The van der Waals surface area contributed by atoms with Crippen molar-refractivity contribution in [2.45, 2.75) is 53.0 Å². The number of thiophene rings is 1. The highest BCUT2D eigenvalue weighted by atomic mass is 32.1. The minimum atomic E-state index is -0.124. The molecule has 0 radical (unpaired) electrons. The smallest absolute Gasteiger partial charge is 0.191 e. The second-order valence-corrected chi connectivity index (χ2v) is 7.68. The van der Waals surface area contributed by atoms with Gasteiger partial charge in [-0.3, -0.25) is 0 Å². The van der Waals surface area contributed by atoms with E-state index in [9.17, 15) is 0 Å². The van der Waals surface area contributed by atoms with Crippen molar-refractivity contribution in [3.05, 3.63) is 57.8 Å². The van der Waals surface area contributed by atoms with Gasteiger partial charge in [0.15, 0.2) is 5.96 Å². The van der Waals surface area contributed by atoms with Crippen molar-refractivity contribution >= 4 is 17.3 Å². The topological polar surface area (TPSA) is 45.7 Å². The van der Waals surface area contributed by atoms with Crippen molar-refractivity contribution < 1.29 is 4.74 Å². The molecule has 136 valence electrons. The van der Waals surface area contributed by atoms with Crippen molar-refractivity contribution in [1.82, 2.24) is 10.6 Å². The Balaban J connectivity index is 1.92. The first-order valence-corrected chi connectivity index (χ1v) is 9.65. The molecule has 0 atom stereocenters. The minimum Gasteiger partial charge on any atom is -0.371 e. The summed E-state index contributed by atoms with van der Waals surface area (Å²) in [6, 6.07) is 10.6. The van der Waals surface area contributed by atoms with Crippen LogP contribution in [0.2, 0.25) is 0 Å². The maximum Gasteiger partial charge on any atom is 0.191 e. The van der Waals surface area contributed by atoms with Gasteiger partial charge in [0.25, 0.3) is 0 Å². The highest BCUT2D eigenvalue weighted by molar-refractivity contribution is 7.07. The molecule has 0 aliphatic carbocycles. The van der Waals surface area contributed by atoms with Gasteiger partial charge in [0.1, 0.15) is 0 Å². The van der Waals surface area contributed by atoms with Crippen LogP contribution in [0.5, 0.6) is 0 Å². The number of aliphatic imine (C=N–C) groups is 1. The molecule has 0 bridgehead atoms. The molecule has 25 heavy (non-hydrogen) atoms. The summed E-state index contributed by atoms with van der Waals surface area (Å²) in [4.78, 5) is 4.64. The van der Waals surface area contributed by atoms with Crippen LogP contribution in [0.25, 0.3) is 0 Å². The van der Waals surface area contributed by atoms with Crippen LogP contribution in [0.3, 0.4) is 0 Å². The molecule has 1 aromatic carbocycles. The zero-order chi connectivity index (χ0) is 18.1. The number of benzene rings is 1. The van der Waals surface area contributed by atoms with Crippen molar-refractivity contribution in [3.63, 3.8) is 0 Å². The second-order valence-electron chi connectivity index (χ2n) is 6.90. The van der Waals surface area contributed by atoms with Crippen LogP contribution in [0.1, 0.15) is 44.4 Å². The van der Waals surface area contributed by atoms with Crippen LogP contribution in [0.15, 0.2) is 46.1 Å². The van der Waals surface area contributed by atoms with Gasteiger partial charge in [0.05, 0.1) is 18.8 Å². The number of hydrogen-bond donors (Lipinski definition) is 2. The van der Waals surface area contributed by atoms with E-state index < -0.39 is 0 Å². The molecule has 1 aromatic heterocycles. The molecule has 0 spiro atoms. The highest BCUT2D eigenvalue weighted by Gasteiger charge is 2.10. The Kier molecular flexibility index (Phi) is 7.47. The molecule has 2 N–H and O–H groups in total. The lowest BCUT2D eigenvalue weighted by atomic mass is 10.1. The minimum absolute atomic E-state index is 0.124. The third-order valence-electron chi connectivity index (χ3n) is 3.47. The summed E-state index contributed by atoms with van der Waals surface area (Å²) >= 11 is 1.70. The number of rotatable bonds is 7. The Morgan fingerprint density at radius 2 is 1.92 bits per heavy atom. The predicted octanol–water partition coefficient (Wildman–Crippen LogP) is 4.32. The van der Waals surface area contributed by atoms with Gasteiger partial charge in [-0.1, -0.05) is 24.3 Å². The lowest BCUT2D eigenvalue weighted by molar-refractivity contribution is -0.0149. The van der Waals surface area contributed by atoms with Gasteiger partial charge in [-0.15, -0.1) is 0 Å². The van der Waals surface area contributed by atoms with Crippen molar-refractivity contribution in [1.29, 1.82) is 0 Å². The fourth-order valence-electron chi connectivity index (χ4n) is 2.21. The third kappa shape index (κ3) is 7.71. The van der Waals surface area contributed by atoms with Crippen LogP contribution in [0.4, 0.5) is 0 Å². The van der Waals surface area contributed by atoms with E-state index in [0.717, 1.165) is 19.0 Å². The van der Waals surface area contributed by atoms with Crippen molar-refractivity contribution in [2.24, 2.45) is 4.99 Å². The summed E-state index contributed by atoms with van der Waals surface area (Å²) in [7, 11) is 0. The largest absolute Gasteiger partial charge is 0.371 e. The normalized spacial score (nSPS) is 12.2. The molecule has 0 aliphatic heterocycles. The standard InChI is InChI=1S/C20H29N3OS/c1-5-21-19(23-13-18-9-10-25-15-18)22-12-16-7-6-8-17(11-16)14-24-20(2,3)4/h6-11,15H,5,12-14H2,1-4H3,(H2,21,22,23). The lowest BCUT2D eigenvalue weighted by Crippen LogP contribution is -2.36. The van der Waals surface area contributed by atoms with Gasteiger partial charge in [0.2, 0.25) is 0 Å². The summed E-state index contributed by atoms with van der Waals surface area (Å²) in [5.74, 6) is 0.838. The zero-order valence-electron chi connectivity index (χ0n) is 15.6. The van der Waals surface area contributed by atoms with Crippen LogP contribution in [-0.4, -0.2) is 18.1 Å². The number of ether oxygens (including phenoxy) is 1. The molecule has 0 saturated carbocycles. The van der Waals surface area contributed by atoms with E-state index in [2.05, 4.69) is 84.4 Å². The Bertz CT molecular complexity index is 660. The van der Waals surface area contributed by atoms with E-state index in [4.69, 9.17) is 4.74 Å². The fraction of sp³-hybridized carbons (Fsp3) is 0.450. The molecule has 0 unspecified atom stereocenters. The van der Waals surface area contributed by atoms with Crippen LogP contribution >= 0.6 is 11.3 Å². The van der Waals surface area contributed by atoms with Gasteiger partial charge < -0.3 is 15.4 Å². The van der Waals surface area contributed by atoms with Gasteiger partial charge in [-0.2, -0.15) is 11.3 Å². The van der Waals surface area contributed by atoms with Gasteiger partial charge in [0, 0.05) is 13.1 Å². The number of guanidine groups is 1. The summed E-state index contributed by atoms with van der Waals surface area (Å²) in [6.45, 7) is 11.2. The average Bonchev–Trinajstić information content (AvgIpc) is 3.09. The zero-order valence-corrected chi connectivity index (χ0v) is 16.5. The van der Waals surface area contributed by atoms with E-state index in [1.54, 1.807) is 11.3 Å². The highest BCUT2D eigenvalue weighted by Crippen LogP contribution is 2.13. The quantitative estimate of drug-likeness (QED) is 0.572. The molecule has 0 aliphatic rings.